The zero-order chi connectivity index (χ0) is 11.7. The summed E-state index contributed by atoms with van der Waals surface area (Å²) in [5, 5.41) is 3.27. The molecule has 0 aliphatic rings. The highest BCUT2D eigenvalue weighted by atomic mass is 35.5. The van der Waals surface area contributed by atoms with Gasteiger partial charge in [0.25, 0.3) is 0 Å². The number of rotatable bonds is 2. The molecular formula is C10H8Cl2N2OS. The van der Waals surface area contributed by atoms with Gasteiger partial charge in [-0.2, -0.15) is 0 Å². The van der Waals surface area contributed by atoms with Gasteiger partial charge in [-0.3, -0.25) is 0 Å². The molecule has 1 aromatic carbocycles. The van der Waals surface area contributed by atoms with Gasteiger partial charge in [-0.1, -0.05) is 23.2 Å². The second kappa shape index (κ2) is 4.49. The molecule has 1 aromatic heterocycles. The molecule has 3 nitrogen and oxygen atoms in total. The second-order valence-electron chi connectivity index (χ2n) is 3.04. The van der Waals surface area contributed by atoms with Crippen molar-refractivity contribution in [2.75, 3.05) is 12.8 Å². The highest BCUT2D eigenvalue weighted by Crippen LogP contribution is 2.37. The third kappa shape index (κ3) is 2.09. The molecule has 0 saturated heterocycles. The van der Waals surface area contributed by atoms with Gasteiger partial charge in [-0.25, -0.2) is 4.98 Å². The van der Waals surface area contributed by atoms with Crippen LogP contribution in [0.3, 0.4) is 0 Å². The van der Waals surface area contributed by atoms with Crippen LogP contribution in [0.2, 0.25) is 10.0 Å². The lowest BCUT2D eigenvalue weighted by Crippen LogP contribution is -1.88. The molecule has 2 aromatic rings. The molecule has 6 heteroatoms. The minimum Gasteiger partial charge on any atom is -0.494 e. The zero-order valence-electron chi connectivity index (χ0n) is 8.33. The Kier molecular flexibility index (Phi) is 3.23. The predicted octanol–water partition coefficient (Wildman–Crippen LogP) is 3.71. The van der Waals surface area contributed by atoms with Crippen molar-refractivity contribution in [2.45, 2.75) is 0 Å². The highest BCUT2D eigenvalue weighted by molar-refractivity contribution is 7.13. The molecule has 16 heavy (non-hydrogen) atoms. The maximum absolute atomic E-state index is 6.03. The summed E-state index contributed by atoms with van der Waals surface area (Å²) in [6.07, 6.45) is 0. The standard InChI is InChI=1S/C10H8Cl2N2OS/c1-15-9-6(11)2-5(3-7(9)12)8-4-16-10(13)14-8/h2-4H,1H3,(H2,13,14). The molecule has 0 amide bonds. The first-order valence-electron chi connectivity index (χ1n) is 4.36. The number of hydrogen-bond donors (Lipinski definition) is 1. The van der Waals surface area contributed by atoms with Gasteiger partial charge < -0.3 is 10.5 Å². The SMILES string of the molecule is COc1c(Cl)cc(-c2csc(N)n2)cc1Cl. The van der Waals surface area contributed by atoms with Crippen LogP contribution in [0, 0.1) is 0 Å². The minimum absolute atomic E-state index is 0.455. The van der Waals surface area contributed by atoms with Crippen LogP contribution in [0.1, 0.15) is 0 Å². The van der Waals surface area contributed by atoms with Crippen LogP contribution in [-0.4, -0.2) is 12.1 Å². The summed E-state index contributed by atoms with van der Waals surface area (Å²) in [7, 11) is 1.52. The number of nitrogen functional groups attached to an aromatic ring is 1. The third-order valence-corrected chi connectivity index (χ3v) is 3.26. The molecule has 0 aliphatic carbocycles. The number of halogens is 2. The van der Waals surface area contributed by atoms with Gasteiger partial charge >= 0.3 is 0 Å². The van der Waals surface area contributed by atoms with Crippen molar-refractivity contribution < 1.29 is 4.74 Å². The monoisotopic (exact) mass is 274 g/mol. The fourth-order valence-electron chi connectivity index (χ4n) is 1.32. The van der Waals surface area contributed by atoms with Gasteiger partial charge in [-0.15, -0.1) is 11.3 Å². The van der Waals surface area contributed by atoms with Crippen LogP contribution in [0.15, 0.2) is 17.5 Å². The Morgan fingerprint density at radius 3 is 2.38 bits per heavy atom. The van der Waals surface area contributed by atoms with Crippen LogP contribution in [-0.2, 0) is 0 Å². The molecule has 2 N–H and O–H groups in total. The van der Waals surface area contributed by atoms with Crippen molar-refractivity contribution >= 4 is 39.7 Å². The number of nitrogens with two attached hydrogens (primary N) is 1. The van der Waals surface area contributed by atoms with Gasteiger partial charge in [0, 0.05) is 10.9 Å². The number of thiazole rings is 1. The Labute approximate surface area is 107 Å². The number of aromatic nitrogens is 1. The Hall–Kier alpha value is -0.970. The average molecular weight is 275 g/mol. The van der Waals surface area contributed by atoms with Gasteiger partial charge in [0.05, 0.1) is 22.8 Å². The summed E-state index contributed by atoms with van der Waals surface area (Å²) in [5.74, 6) is 0.468. The van der Waals surface area contributed by atoms with Gasteiger partial charge in [-0.05, 0) is 12.1 Å². The third-order valence-electron chi connectivity index (χ3n) is 2.02. The van der Waals surface area contributed by atoms with E-state index in [0.29, 0.717) is 20.9 Å². The van der Waals surface area contributed by atoms with E-state index in [4.69, 9.17) is 33.7 Å². The van der Waals surface area contributed by atoms with E-state index in [1.54, 1.807) is 12.1 Å². The van der Waals surface area contributed by atoms with Crippen molar-refractivity contribution in [1.82, 2.24) is 4.98 Å². The molecule has 0 atom stereocenters. The Balaban J connectivity index is 2.52. The maximum Gasteiger partial charge on any atom is 0.180 e. The summed E-state index contributed by atoms with van der Waals surface area (Å²) in [6.45, 7) is 0. The normalized spacial score (nSPS) is 10.4. The largest absolute Gasteiger partial charge is 0.494 e. The van der Waals surface area contributed by atoms with Crippen LogP contribution >= 0.6 is 34.5 Å². The van der Waals surface area contributed by atoms with Crippen LogP contribution in [0.5, 0.6) is 5.75 Å². The Bertz CT molecular complexity index is 504. The van der Waals surface area contributed by atoms with E-state index in [-0.39, 0.29) is 0 Å². The first-order chi connectivity index (χ1) is 7.61. The Morgan fingerprint density at radius 1 is 1.31 bits per heavy atom. The second-order valence-corrected chi connectivity index (χ2v) is 4.75. The van der Waals surface area contributed by atoms with Crippen LogP contribution in [0.25, 0.3) is 11.3 Å². The van der Waals surface area contributed by atoms with E-state index >= 15 is 0 Å². The lowest BCUT2D eigenvalue weighted by Gasteiger charge is -2.07. The summed E-state index contributed by atoms with van der Waals surface area (Å²) in [5.41, 5.74) is 7.15. The van der Waals surface area contributed by atoms with E-state index < -0.39 is 0 Å². The summed E-state index contributed by atoms with van der Waals surface area (Å²) in [4.78, 5) is 4.16. The lowest BCUT2D eigenvalue weighted by molar-refractivity contribution is 0.415. The van der Waals surface area contributed by atoms with Crippen LogP contribution < -0.4 is 10.5 Å². The van der Waals surface area contributed by atoms with Crippen molar-refractivity contribution in [3.63, 3.8) is 0 Å². The summed E-state index contributed by atoms with van der Waals surface area (Å²) < 4.78 is 5.07. The molecule has 1 heterocycles. The smallest absolute Gasteiger partial charge is 0.180 e. The quantitative estimate of drug-likeness (QED) is 0.908. The summed E-state index contributed by atoms with van der Waals surface area (Å²) >= 11 is 13.4. The number of ether oxygens (including phenoxy) is 1. The van der Waals surface area contributed by atoms with Gasteiger partial charge in [0.1, 0.15) is 0 Å². The van der Waals surface area contributed by atoms with E-state index in [9.17, 15) is 0 Å². The predicted molar refractivity (Wildman–Crippen MR) is 68.5 cm³/mol. The highest BCUT2D eigenvalue weighted by Gasteiger charge is 2.11. The number of benzene rings is 1. The minimum atomic E-state index is 0.455. The average Bonchev–Trinajstić information content (AvgIpc) is 2.64. The van der Waals surface area contributed by atoms with Crippen molar-refractivity contribution in [3.05, 3.63) is 27.6 Å². The van der Waals surface area contributed by atoms with E-state index in [1.807, 2.05) is 5.38 Å². The molecule has 0 spiro atoms. The molecule has 0 unspecified atom stereocenters. The molecule has 0 radical (unpaired) electrons. The van der Waals surface area contributed by atoms with E-state index in [2.05, 4.69) is 4.98 Å². The van der Waals surface area contributed by atoms with E-state index in [1.165, 1.54) is 18.4 Å². The molecule has 2 rings (SSSR count). The molecule has 0 fully saturated rings. The molecule has 0 aliphatic heterocycles. The number of anilines is 1. The van der Waals surface area contributed by atoms with E-state index in [0.717, 1.165) is 11.3 Å². The van der Waals surface area contributed by atoms with Crippen molar-refractivity contribution in [3.8, 4) is 17.0 Å². The molecule has 84 valence electrons. The summed E-state index contributed by atoms with van der Waals surface area (Å²) in [6, 6.07) is 3.50. The number of methoxy groups -OCH3 is 1. The van der Waals surface area contributed by atoms with Crippen LogP contribution in [0.4, 0.5) is 5.13 Å². The topological polar surface area (TPSA) is 48.1 Å². The lowest BCUT2D eigenvalue weighted by atomic mass is 10.1. The first kappa shape index (κ1) is 11.5. The first-order valence-corrected chi connectivity index (χ1v) is 6.00. The van der Waals surface area contributed by atoms with Crippen molar-refractivity contribution in [2.24, 2.45) is 0 Å². The number of hydrogen-bond acceptors (Lipinski definition) is 4. The van der Waals surface area contributed by atoms with Gasteiger partial charge in [0.15, 0.2) is 10.9 Å². The Morgan fingerprint density at radius 2 is 1.94 bits per heavy atom. The maximum atomic E-state index is 6.03. The van der Waals surface area contributed by atoms with Gasteiger partial charge in [0.2, 0.25) is 0 Å². The van der Waals surface area contributed by atoms with Crippen molar-refractivity contribution in [1.29, 1.82) is 0 Å². The molecular weight excluding hydrogens is 267 g/mol. The fraction of sp³-hybridized carbons (Fsp3) is 0.100. The number of nitrogens with zero attached hydrogens (tertiary/aromatic N) is 1. The zero-order valence-corrected chi connectivity index (χ0v) is 10.7. The fourth-order valence-corrected chi connectivity index (χ4v) is 2.54. The molecule has 0 bridgehead atoms. The molecule has 0 saturated carbocycles.